The van der Waals surface area contributed by atoms with Crippen LogP contribution in [0.2, 0.25) is 0 Å². The van der Waals surface area contributed by atoms with Crippen LogP contribution in [0.1, 0.15) is 34.7 Å². The molecule has 17 heavy (non-hydrogen) atoms. The first-order valence-corrected chi connectivity index (χ1v) is 6.82. The van der Waals surface area contributed by atoms with Crippen molar-refractivity contribution in [3.05, 3.63) is 39.8 Å². The molecule has 2 heterocycles. The fourth-order valence-electron chi connectivity index (χ4n) is 1.96. The van der Waals surface area contributed by atoms with Crippen molar-refractivity contribution < 1.29 is 0 Å². The molecular formula is C13H19N3S. The zero-order valence-electron chi connectivity index (χ0n) is 10.6. The van der Waals surface area contributed by atoms with E-state index in [4.69, 9.17) is 0 Å². The van der Waals surface area contributed by atoms with Gasteiger partial charge in [0.15, 0.2) is 0 Å². The van der Waals surface area contributed by atoms with Gasteiger partial charge >= 0.3 is 0 Å². The first-order chi connectivity index (χ1) is 8.24. The van der Waals surface area contributed by atoms with Crippen LogP contribution in [0.3, 0.4) is 0 Å². The molecule has 0 bridgehead atoms. The number of hydrogen-bond acceptors (Lipinski definition) is 3. The van der Waals surface area contributed by atoms with Crippen molar-refractivity contribution in [2.24, 2.45) is 0 Å². The minimum Gasteiger partial charge on any atom is -0.309 e. The van der Waals surface area contributed by atoms with Gasteiger partial charge in [-0.15, -0.1) is 11.3 Å². The summed E-state index contributed by atoms with van der Waals surface area (Å²) in [4.78, 5) is 2.70. The van der Waals surface area contributed by atoms with E-state index in [0.717, 1.165) is 13.0 Å². The van der Waals surface area contributed by atoms with Crippen LogP contribution in [0.25, 0.3) is 0 Å². The van der Waals surface area contributed by atoms with Crippen molar-refractivity contribution in [3.63, 3.8) is 0 Å². The van der Waals surface area contributed by atoms with Gasteiger partial charge in [0.05, 0.1) is 12.2 Å². The fraction of sp³-hybridized carbons (Fsp3) is 0.462. The molecule has 0 spiro atoms. The van der Waals surface area contributed by atoms with Crippen molar-refractivity contribution in [1.29, 1.82) is 0 Å². The summed E-state index contributed by atoms with van der Waals surface area (Å²) in [7, 11) is 2.00. The topological polar surface area (TPSA) is 29.9 Å². The van der Waals surface area contributed by atoms with Crippen LogP contribution in [0.15, 0.2) is 24.5 Å². The highest BCUT2D eigenvalue weighted by Gasteiger charge is 2.15. The lowest BCUT2D eigenvalue weighted by atomic mass is 10.1. The highest BCUT2D eigenvalue weighted by molar-refractivity contribution is 7.12. The Balaban J connectivity index is 2.22. The molecule has 4 heteroatoms. The number of hydrogen-bond donors (Lipinski definition) is 1. The van der Waals surface area contributed by atoms with E-state index in [1.807, 2.05) is 29.3 Å². The summed E-state index contributed by atoms with van der Waals surface area (Å²) in [5.41, 5.74) is 1.24. The predicted octanol–water partition coefficient (Wildman–Crippen LogP) is 2.97. The molecule has 0 aliphatic rings. The van der Waals surface area contributed by atoms with E-state index in [9.17, 15) is 0 Å². The van der Waals surface area contributed by atoms with Gasteiger partial charge in [-0.2, -0.15) is 5.10 Å². The van der Waals surface area contributed by atoms with Crippen LogP contribution in [-0.2, 0) is 6.54 Å². The molecule has 2 aromatic rings. The highest BCUT2D eigenvalue weighted by atomic mass is 32.1. The Kier molecular flexibility index (Phi) is 3.97. The first-order valence-electron chi connectivity index (χ1n) is 6.00. The van der Waals surface area contributed by atoms with E-state index in [-0.39, 0.29) is 6.04 Å². The molecule has 0 aromatic carbocycles. The average molecular weight is 249 g/mol. The van der Waals surface area contributed by atoms with E-state index in [1.54, 1.807) is 0 Å². The summed E-state index contributed by atoms with van der Waals surface area (Å²) in [6.45, 7) is 5.29. The third-order valence-electron chi connectivity index (χ3n) is 2.77. The summed E-state index contributed by atoms with van der Waals surface area (Å²) in [6.07, 6.45) is 5.22. The zero-order valence-corrected chi connectivity index (χ0v) is 11.4. The first kappa shape index (κ1) is 12.3. The minimum atomic E-state index is 0.263. The van der Waals surface area contributed by atoms with Gasteiger partial charge in [0.1, 0.15) is 0 Å². The molecular weight excluding hydrogens is 230 g/mol. The third-order valence-corrected chi connectivity index (χ3v) is 3.84. The molecule has 0 amide bonds. The van der Waals surface area contributed by atoms with Gasteiger partial charge in [0, 0.05) is 28.1 Å². The molecule has 92 valence electrons. The molecule has 0 aliphatic heterocycles. The van der Waals surface area contributed by atoms with Gasteiger partial charge in [0.25, 0.3) is 0 Å². The monoisotopic (exact) mass is 249 g/mol. The molecule has 0 saturated carbocycles. The molecule has 2 rings (SSSR count). The molecule has 2 aromatic heterocycles. The summed E-state index contributed by atoms with van der Waals surface area (Å²) in [6, 6.07) is 4.62. The van der Waals surface area contributed by atoms with Gasteiger partial charge in [-0.25, -0.2) is 0 Å². The van der Waals surface area contributed by atoms with Crippen molar-refractivity contribution in [1.82, 2.24) is 15.1 Å². The molecule has 0 aliphatic carbocycles. The number of aryl methyl sites for hydroxylation is 2. The number of nitrogens with zero attached hydrogens (tertiary/aromatic N) is 2. The normalized spacial score (nSPS) is 12.9. The van der Waals surface area contributed by atoms with Crippen LogP contribution < -0.4 is 5.32 Å². The largest absolute Gasteiger partial charge is 0.309 e. The third kappa shape index (κ3) is 2.76. The number of rotatable bonds is 5. The lowest BCUT2D eigenvalue weighted by molar-refractivity contribution is 0.600. The smallest absolute Gasteiger partial charge is 0.0699 e. The van der Waals surface area contributed by atoms with Crippen molar-refractivity contribution in [3.8, 4) is 0 Å². The van der Waals surface area contributed by atoms with Crippen molar-refractivity contribution >= 4 is 11.3 Å². The number of aromatic nitrogens is 2. The Morgan fingerprint density at radius 2 is 2.29 bits per heavy atom. The summed E-state index contributed by atoms with van der Waals surface area (Å²) < 4.78 is 2.01. The number of nitrogens with one attached hydrogen (secondary N) is 1. The highest BCUT2D eigenvalue weighted by Crippen LogP contribution is 2.27. The van der Waals surface area contributed by atoms with Crippen LogP contribution >= 0.6 is 11.3 Å². The van der Waals surface area contributed by atoms with Gasteiger partial charge < -0.3 is 5.32 Å². The van der Waals surface area contributed by atoms with E-state index in [1.165, 1.54) is 15.3 Å². The summed E-state index contributed by atoms with van der Waals surface area (Å²) in [5.74, 6) is 0. The minimum absolute atomic E-state index is 0.263. The van der Waals surface area contributed by atoms with E-state index in [2.05, 4.69) is 42.6 Å². The molecule has 1 N–H and O–H groups in total. The quantitative estimate of drug-likeness (QED) is 0.883. The molecule has 3 nitrogen and oxygen atoms in total. The van der Waals surface area contributed by atoms with Crippen LogP contribution in [0.4, 0.5) is 0 Å². The second-order valence-corrected chi connectivity index (χ2v) is 5.53. The summed E-state index contributed by atoms with van der Waals surface area (Å²) in [5, 5.41) is 7.75. The maximum absolute atomic E-state index is 4.39. The Bertz CT molecular complexity index is 472. The van der Waals surface area contributed by atoms with Crippen LogP contribution in [0.5, 0.6) is 0 Å². The molecule has 0 fully saturated rings. The molecule has 0 radical (unpaired) electrons. The Labute approximate surface area is 106 Å². The van der Waals surface area contributed by atoms with Gasteiger partial charge in [-0.3, -0.25) is 4.68 Å². The fourth-order valence-corrected chi connectivity index (χ4v) is 2.98. The van der Waals surface area contributed by atoms with E-state index in [0.29, 0.717) is 0 Å². The van der Waals surface area contributed by atoms with Crippen molar-refractivity contribution in [2.45, 2.75) is 32.9 Å². The molecule has 0 saturated heterocycles. The van der Waals surface area contributed by atoms with Gasteiger partial charge in [-0.05, 0) is 32.5 Å². The lowest BCUT2D eigenvalue weighted by Gasteiger charge is -2.12. The average Bonchev–Trinajstić information content (AvgIpc) is 2.91. The Hall–Kier alpha value is -1.13. The zero-order chi connectivity index (χ0) is 12.3. The predicted molar refractivity (Wildman–Crippen MR) is 72.5 cm³/mol. The maximum Gasteiger partial charge on any atom is 0.0699 e. The van der Waals surface area contributed by atoms with Gasteiger partial charge in [0.2, 0.25) is 0 Å². The molecule has 1 atom stereocenters. The second kappa shape index (κ2) is 5.47. The summed E-state index contributed by atoms with van der Waals surface area (Å²) >= 11 is 1.84. The second-order valence-electron chi connectivity index (χ2n) is 4.21. The van der Waals surface area contributed by atoms with Crippen LogP contribution in [0, 0.1) is 6.92 Å². The van der Waals surface area contributed by atoms with Crippen molar-refractivity contribution in [2.75, 3.05) is 7.05 Å². The Morgan fingerprint density at radius 1 is 1.47 bits per heavy atom. The lowest BCUT2D eigenvalue weighted by Crippen LogP contribution is -2.15. The SMILES string of the molecule is CCCn1cc(C(NC)c2ccc(C)s2)cn1. The van der Waals surface area contributed by atoms with Gasteiger partial charge in [-0.1, -0.05) is 6.92 Å². The standard InChI is InChI=1S/C13H19N3S/c1-4-7-16-9-11(8-15-16)13(14-3)12-6-5-10(2)17-12/h5-6,8-9,13-14H,4,7H2,1-3H3. The van der Waals surface area contributed by atoms with E-state index >= 15 is 0 Å². The molecule has 1 unspecified atom stereocenters. The number of thiophene rings is 1. The van der Waals surface area contributed by atoms with Crippen LogP contribution in [-0.4, -0.2) is 16.8 Å². The Morgan fingerprint density at radius 3 is 2.88 bits per heavy atom. The van der Waals surface area contributed by atoms with E-state index < -0.39 is 0 Å². The maximum atomic E-state index is 4.39.